The van der Waals surface area contributed by atoms with Crippen LogP contribution >= 0.6 is 23.7 Å². The van der Waals surface area contributed by atoms with E-state index < -0.39 is 0 Å². The molecule has 1 saturated carbocycles. The minimum Gasteiger partial charge on any atom is -0.328 e. The van der Waals surface area contributed by atoms with Crippen molar-refractivity contribution in [1.29, 1.82) is 0 Å². The van der Waals surface area contributed by atoms with E-state index in [-0.39, 0.29) is 36.1 Å². The molecule has 7 heteroatoms. The van der Waals surface area contributed by atoms with Gasteiger partial charge in [0.15, 0.2) is 5.13 Å². The van der Waals surface area contributed by atoms with Crippen LogP contribution in [-0.4, -0.2) is 16.9 Å². The van der Waals surface area contributed by atoms with Crippen LogP contribution in [0.5, 0.6) is 0 Å². The first kappa shape index (κ1) is 18.8. The lowest BCUT2D eigenvalue weighted by atomic mass is 9.86. The number of nitrogens with one attached hydrogen (secondary N) is 1. The molecule has 1 amide bonds. The number of nitrogens with two attached hydrogens (primary N) is 1. The smallest absolute Gasteiger partial charge is 0.229 e. The quantitative estimate of drug-likeness (QED) is 0.854. The summed E-state index contributed by atoms with van der Waals surface area (Å²) in [4.78, 5) is 17.9. The molecule has 1 aromatic carbocycles. The van der Waals surface area contributed by atoms with Gasteiger partial charge in [-0.1, -0.05) is 6.42 Å². The summed E-state index contributed by atoms with van der Waals surface area (Å²) in [7, 11) is 0. The van der Waals surface area contributed by atoms with E-state index in [1.807, 2.05) is 6.92 Å². The van der Waals surface area contributed by atoms with Crippen LogP contribution in [0.4, 0.5) is 9.52 Å². The van der Waals surface area contributed by atoms with E-state index in [0.717, 1.165) is 41.8 Å². The first-order valence-corrected chi connectivity index (χ1v) is 8.64. The van der Waals surface area contributed by atoms with Gasteiger partial charge in [-0.15, -0.1) is 23.7 Å². The molecule has 130 valence electrons. The first-order valence-electron chi connectivity index (χ1n) is 7.82. The van der Waals surface area contributed by atoms with Gasteiger partial charge in [0, 0.05) is 22.4 Å². The highest BCUT2D eigenvalue weighted by molar-refractivity contribution is 7.16. The summed E-state index contributed by atoms with van der Waals surface area (Å²) < 4.78 is 13.0. The van der Waals surface area contributed by atoms with Crippen molar-refractivity contribution in [1.82, 2.24) is 4.98 Å². The van der Waals surface area contributed by atoms with E-state index in [1.54, 1.807) is 12.1 Å². The zero-order valence-corrected chi connectivity index (χ0v) is 15.1. The molecule has 0 saturated heterocycles. The van der Waals surface area contributed by atoms with Gasteiger partial charge in [0.2, 0.25) is 5.91 Å². The predicted octanol–water partition coefficient (Wildman–Crippen LogP) is 4.14. The fraction of sp³-hybridized carbons (Fsp3) is 0.412. The van der Waals surface area contributed by atoms with Crippen molar-refractivity contribution in [2.75, 3.05) is 5.32 Å². The lowest BCUT2D eigenvalue weighted by Gasteiger charge is -2.25. The van der Waals surface area contributed by atoms with Gasteiger partial charge >= 0.3 is 0 Å². The summed E-state index contributed by atoms with van der Waals surface area (Å²) in [6.07, 6.45) is 3.61. The highest BCUT2D eigenvalue weighted by Gasteiger charge is 2.26. The lowest BCUT2D eigenvalue weighted by molar-refractivity contribution is -0.120. The molecular formula is C17H21ClFN3OS. The molecule has 2 aromatic rings. The molecule has 1 heterocycles. The molecule has 2 atom stereocenters. The Hall–Kier alpha value is -1.50. The molecule has 0 bridgehead atoms. The SMILES string of the molecule is Cc1sc(NC(=O)C2CCCC(N)C2)nc1-c1ccc(F)cc1.Cl. The molecule has 3 rings (SSSR count). The number of carbonyl (C=O) groups excluding carboxylic acids is 1. The number of rotatable bonds is 3. The molecule has 1 aliphatic rings. The third-order valence-electron chi connectivity index (χ3n) is 4.23. The number of aryl methyl sites for hydroxylation is 1. The van der Waals surface area contributed by atoms with Gasteiger partial charge in [-0.25, -0.2) is 9.37 Å². The van der Waals surface area contributed by atoms with Gasteiger partial charge in [0.25, 0.3) is 0 Å². The number of aromatic nitrogens is 1. The van der Waals surface area contributed by atoms with E-state index >= 15 is 0 Å². The second-order valence-corrected chi connectivity index (χ2v) is 7.25. The maximum atomic E-state index is 13.0. The number of hydrogen-bond acceptors (Lipinski definition) is 4. The van der Waals surface area contributed by atoms with Crippen molar-refractivity contribution in [2.45, 2.75) is 38.6 Å². The maximum Gasteiger partial charge on any atom is 0.229 e. The number of thiazole rings is 1. The second-order valence-electron chi connectivity index (χ2n) is 6.04. The average Bonchev–Trinajstić information content (AvgIpc) is 2.88. The normalized spacial score (nSPS) is 20.3. The molecule has 0 radical (unpaired) electrons. The molecule has 3 N–H and O–H groups in total. The largest absolute Gasteiger partial charge is 0.328 e. The summed E-state index contributed by atoms with van der Waals surface area (Å²) in [5.41, 5.74) is 7.58. The molecule has 2 unspecified atom stereocenters. The Morgan fingerprint density at radius 1 is 1.33 bits per heavy atom. The van der Waals surface area contributed by atoms with Crippen LogP contribution in [0.3, 0.4) is 0 Å². The monoisotopic (exact) mass is 369 g/mol. The van der Waals surface area contributed by atoms with Gasteiger partial charge in [0.05, 0.1) is 5.69 Å². The lowest BCUT2D eigenvalue weighted by Crippen LogP contribution is -2.34. The van der Waals surface area contributed by atoms with Gasteiger partial charge in [0.1, 0.15) is 5.82 Å². The fourth-order valence-electron chi connectivity index (χ4n) is 3.00. The van der Waals surface area contributed by atoms with Crippen molar-refractivity contribution in [3.05, 3.63) is 35.0 Å². The first-order chi connectivity index (χ1) is 11.0. The minimum atomic E-state index is -0.274. The molecular weight excluding hydrogens is 349 g/mol. The number of amides is 1. The Balaban J connectivity index is 0.00000208. The summed E-state index contributed by atoms with van der Waals surface area (Å²) in [5, 5.41) is 3.50. The molecule has 1 fully saturated rings. The Bertz CT molecular complexity index is 704. The number of benzene rings is 1. The number of anilines is 1. The van der Waals surface area contributed by atoms with Crippen molar-refractivity contribution < 1.29 is 9.18 Å². The fourth-order valence-corrected chi connectivity index (χ4v) is 3.84. The highest BCUT2D eigenvalue weighted by Crippen LogP contribution is 2.31. The van der Waals surface area contributed by atoms with E-state index in [0.29, 0.717) is 5.13 Å². The van der Waals surface area contributed by atoms with E-state index in [1.165, 1.54) is 23.5 Å². The van der Waals surface area contributed by atoms with Gasteiger partial charge in [-0.3, -0.25) is 4.79 Å². The van der Waals surface area contributed by atoms with Crippen LogP contribution in [0.25, 0.3) is 11.3 Å². The number of carbonyl (C=O) groups is 1. The Labute approximate surface area is 151 Å². The Kier molecular flexibility index (Phi) is 6.32. The number of hydrogen-bond donors (Lipinski definition) is 2. The zero-order valence-electron chi connectivity index (χ0n) is 13.4. The topological polar surface area (TPSA) is 68.0 Å². The van der Waals surface area contributed by atoms with E-state index in [2.05, 4.69) is 10.3 Å². The van der Waals surface area contributed by atoms with Crippen LogP contribution in [0, 0.1) is 18.7 Å². The highest BCUT2D eigenvalue weighted by atomic mass is 35.5. The second kappa shape index (κ2) is 8.05. The molecule has 0 aliphatic heterocycles. The standard InChI is InChI=1S/C17H20FN3OS.ClH/c1-10-15(11-5-7-13(18)8-6-11)20-17(23-10)21-16(22)12-3-2-4-14(19)9-12;/h5-8,12,14H,2-4,9,19H2,1H3,(H,20,21,22);1H. The van der Waals surface area contributed by atoms with Crippen molar-refractivity contribution in [2.24, 2.45) is 11.7 Å². The van der Waals surface area contributed by atoms with E-state index in [4.69, 9.17) is 5.73 Å². The summed E-state index contributed by atoms with van der Waals surface area (Å²) in [6, 6.07) is 6.34. The summed E-state index contributed by atoms with van der Waals surface area (Å²) in [5.74, 6) is -0.305. The van der Waals surface area contributed by atoms with Crippen LogP contribution in [0.15, 0.2) is 24.3 Å². The third kappa shape index (κ3) is 4.32. The van der Waals surface area contributed by atoms with E-state index in [9.17, 15) is 9.18 Å². The average molecular weight is 370 g/mol. The van der Waals surface area contributed by atoms with Crippen molar-refractivity contribution >= 4 is 34.8 Å². The Morgan fingerprint density at radius 3 is 2.71 bits per heavy atom. The van der Waals surface area contributed by atoms with Crippen LogP contribution in [0.2, 0.25) is 0 Å². The van der Waals surface area contributed by atoms with Crippen molar-refractivity contribution in [3.63, 3.8) is 0 Å². The van der Waals surface area contributed by atoms with Crippen LogP contribution < -0.4 is 11.1 Å². The van der Waals surface area contributed by atoms with Crippen LogP contribution in [0.1, 0.15) is 30.6 Å². The number of halogens is 2. The zero-order chi connectivity index (χ0) is 16.4. The third-order valence-corrected chi connectivity index (χ3v) is 5.12. The Morgan fingerprint density at radius 2 is 2.04 bits per heavy atom. The van der Waals surface area contributed by atoms with Gasteiger partial charge < -0.3 is 11.1 Å². The summed E-state index contributed by atoms with van der Waals surface area (Å²) >= 11 is 1.44. The molecule has 1 aromatic heterocycles. The van der Waals surface area contributed by atoms with Gasteiger partial charge in [-0.05, 0) is 50.5 Å². The maximum absolute atomic E-state index is 13.0. The number of nitrogens with zero attached hydrogens (tertiary/aromatic N) is 1. The predicted molar refractivity (Wildman–Crippen MR) is 98.1 cm³/mol. The molecule has 24 heavy (non-hydrogen) atoms. The summed E-state index contributed by atoms with van der Waals surface area (Å²) in [6.45, 7) is 1.95. The molecule has 1 aliphatic carbocycles. The van der Waals surface area contributed by atoms with Crippen LogP contribution in [-0.2, 0) is 4.79 Å². The van der Waals surface area contributed by atoms with Crippen molar-refractivity contribution in [3.8, 4) is 11.3 Å². The molecule has 0 spiro atoms. The minimum absolute atomic E-state index is 0. The molecule has 4 nitrogen and oxygen atoms in total. The van der Waals surface area contributed by atoms with Gasteiger partial charge in [-0.2, -0.15) is 0 Å².